The second kappa shape index (κ2) is 11.3. The van der Waals surface area contributed by atoms with Crippen molar-refractivity contribution in [3.05, 3.63) is 62.5 Å². The predicted molar refractivity (Wildman–Crippen MR) is 133 cm³/mol. The summed E-state index contributed by atoms with van der Waals surface area (Å²) in [5.74, 6) is -1.04. The van der Waals surface area contributed by atoms with Crippen molar-refractivity contribution < 1.29 is 28.7 Å². The van der Waals surface area contributed by atoms with Crippen LogP contribution >= 0.6 is 27.7 Å². The Morgan fingerprint density at radius 1 is 1.12 bits per heavy atom. The van der Waals surface area contributed by atoms with E-state index >= 15 is 0 Å². The molecule has 1 heterocycles. The Hall–Kier alpha value is -3.11. The summed E-state index contributed by atoms with van der Waals surface area (Å²) in [5, 5.41) is 2.20. The molecule has 3 rings (SSSR count). The molecule has 0 spiro atoms. The van der Waals surface area contributed by atoms with Gasteiger partial charge in [0.15, 0.2) is 6.61 Å². The standard InChI is InChI=1S/C24H23BrN2O6S/c1-4-32-22(29)13-33-19-8-6-16(10-18(19)25)11-20-23(30)27(24(31)34-20)12-21(28)26-17-7-5-14(2)15(3)9-17/h5-11H,4,12-13H2,1-3H3,(H,26,28)/b20-11+. The van der Waals surface area contributed by atoms with Crippen LogP contribution in [0, 0.1) is 13.8 Å². The van der Waals surface area contributed by atoms with Gasteiger partial charge in [-0.3, -0.25) is 19.3 Å². The molecule has 1 aliphatic rings. The van der Waals surface area contributed by atoms with Gasteiger partial charge < -0.3 is 14.8 Å². The lowest BCUT2D eigenvalue weighted by atomic mass is 10.1. The number of thioether (sulfide) groups is 1. The van der Waals surface area contributed by atoms with Gasteiger partial charge in [-0.25, -0.2) is 4.79 Å². The number of benzene rings is 2. The molecule has 8 nitrogen and oxygen atoms in total. The maximum Gasteiger partial charge on any atom is 0.344 e. The third-order valence-corrected chi connectivity index (χ3v) is 6.40. The van der Waals surface area contributed by atoms with Gasteiger partial charge in [0.25, 0.3) is 11.1 Å². The number of imide groups is 1. The average molecular weight is 547 g/mol. The van der Waals surface area contributed by atoms with Crippen LogP contribution in [-0.4, -0.2) is 47.7 Å². The Kier molecular flexibility index (Phi) is 8.51. The topological polar surface area (TPSA) is 102 Å². The molecule has 0 radical (unpaired) electrons. The molecular formula is C24H23BrN2O6S. The van der Waals surface area contributed by atoms with Crippen LogP contribution in [0.15, 0.2) is 45.8 Å². The lowest BCUT2D eigenvalue weighted by molar-refractivity contribution is -0.145. The minimum atomic E-state index is -0.538. The Morgan fingerprint density at radius 2 is 1.88 bits per heavy atom. The van der Waals surface area contributed by atoms with Gasteiger partial charge in [0.1, 0.15) is 12.3 Å². The van der Waals surface area contributed by atoms with E-state index in [-0.39, 0.29) is 24.7 Å². The highest BCUT2D eigenvalue weighted by Gasteiger charge is 2.36. The highest BCUT2D eigenvalue weighted by atomic mass is 79.9. The van der Waals surface area contributed by atoms with E-state index in [1.807, 2.05) is 26.0 Å². The van der Waals surface area contributed by atoms with Crippen LogP contribution in [-0.2, 0) is 19.1 Å². The molecule has 0 bridgehead atoms. The zero-order valence-electron chi connectivity index (χ0n) is 18.8. The minimum absolute atomic E-state index is 0.205. The monoisotopic (exact) mass is 546 g/mol. The summed E-state index contributed by atoms with van der Waals surface area (Å²) >= 11 is 4.14. The normalized spacial score (nSPS) is 14.5. The summed E-state index contributed by atoms with van der Waals surface area (Å²) in [6.07, 6.45) is 1.56. The van der Waals surface area contributed by atoms with E-state index in [2.05, 4.69) is 21.2 Å². The first-order valence-electron chi connectivity index (χ1n) is 10.4. The van der Waals surface area contributed by atoms with Crippen molar-refractivity contribution in [1.82, 2.24) is 4.90 Å². The molecule has 0 aromatic heterocycles. The molecule has 1 saturated heterocycles. The van der Waals surface area contributed by atoms with Crippen LogP contribution in [0.1, 0.15) is 23.6 Å². The summed E-state index contributed by atoms with van der Waals surface area (Å²) < 4.78 is 10.8. The number of hydrogen-bond acceptors (Lipinski definition) is 7. The summed E-state index contributed by atoms with van der Waals surface area (Å²) in [7, 11) is 0. The average Bonchev–Trinajstić information content (AvgIpc) is 3.03. The van der Waals surface area contributed by atoms with Gasteiger partial charge in [0, 0.05) is 5.69 Å². The lowest BCUT2D eigenvalue weighted by Crippen LogP contribution is -2.36. The maximum absolute atomic E-state index is 12.7. The summed E-state index contributed by atoms with van der Waals surface area (Å²) in [4.78, 5) is 50.1. The van der Waals surface area contributed by atoms with Gasteiger partial charge >= 0.3 is 5.97 Å². The highest BCUT2D eigenvalue weighted by Crippen LogP contribution is 2.34. The minimum Gasteiger partial charge on any atom is -0.481 e. The van der Waals surface area contributed by atoms with Crippen molar-refractivity contribution >= 4 is 62.5 Å². The molecule has 1 fully saturated rings. The Morgan fingerprint density at radius 3 is 2.56 bits per heavy atom. The van der Waals surface area contributed by atoms with Crippen LogP contribution in [0.25, 0.3) is 6.08 Å². The Bertz CT molecular complexity index is 1180. The van der Waals surface area contributed by atoms with Gasteiger partial charge in [0.2, 0.25) is 5.91 Å². The van der Waals surface area contributed by atoms with Crippen LogP contribution in [0.4, 0.5) is 10.5 Å². The number of anilines is 1. The molecule has 10 heteroatoms. The first-order valence-corrected chi connectivity index (χ1v) is 12.0. The van der Waals surface area contributed by atoms with E-state index in [1.54, 1.807) is 37.3 Å². The molecule has 0 unspecified atom stereocenters. The first-order chi connectivity index (χ1) is 16.2. The molecule has 1 N–H and O–H groups in total. The van der Waals surface area contributed by atoms with Crippen molar-refractivity contribution in [2.45, 2.75) is 20.8 Å². The molecule has 2 aromatic carbocycles. The van der Waals surface area contributed by atoms with E-state index in [1.165, 1.54) is 0 Å². The van der Waals surface area contributed by atoms with Crippen molar-refractivity contribution in [2.75, 3.05) is 25.1 Å². The number of carbonyl (C=O) groups is 4. The number of hydrogen-bond donors (Lipinski definition) is 1. The molecule has 0 aliphatic carbocycles. The van der Waals surface area contributed by atoms with Crippen LogP contribution in [0.3, 0.4) is 0 Å². The third kappa shape index (κ3) is 6.48. The van der Waals surface area contributed by atoms with Crippen LogP contribution in [0.2, 0.25) is 0 Å². The van der Waals surface area contributed by atoms with Crippen LogP contribution < -0.4 is 10.1 Å². The number of esters is 1. The zero-order valence-corrected chi connectivity index (χ0v) is 21.2. The molecular weight excluding hydrogens is 524 g/mol. The van der Waals surface area contributed by atoms with E-state index in [9.17, 15) is 19.2 Å². The number of nitrogens with zero attached hydrogens (tertiary/aromatic N) is 1. The number of halogens is 1. The molecule has 3 amide bonds. The van der Waals surface area contributed by atoms with E-state index in [0.717, 1.165) is 27.8 Å². The van der Waals surface area contributed by atoms with Crippen molar-refractivity contribution in [3.8, 4) is 5.75 Å². The fourth-order valence-electron chi connectivity index (χ4n) is 3.01. The second-order valence-corrected chi connectivity index (χ2v) is 9.25. The fourth-order valence-corrected chi connectivity index (χ4v) is 4.36. The SMILES string of the molecule is CCOC(=O)COc1ccc(/C=C2/SC(=O)N(CC(=O)Nc3ccc(C)c(C)c3)C2=O)cc1Br. The predicted octanol–water partition coefficient (Wildman–Crippen LogP) is 4.68. The quantitative estimate of drug-likeness (QED) is 0.378. The van der Waals surface area contributed by atoms with Crippen molar-refractivity contribution in [3.63, 3.8) is 0 Å². The number of nitrogens with one attached hydrogen (secondary N) is 1. The van der Waals surface area contributed by atoms with Crippen molar-refractivity contribution in [2.24, 2.45) is 0 Å². The fraction of sp³-hybridized carbons (Fsp3) is 0.250. The molecule has 0 atom stereocenters. The first kappa shape index (κ1) is 25.5. The highest BCUT2D eigenvalue weighted by molar-refractivity contribution is 9.10. The van der Waals surface area contributed by atoms with Crippen molar-refractivity contribution in [1.29, 1.82) is 0 Å². The number of rotatable bonds is 8. The Labute approximate surface area is 209 Å². The zero-order chi connectivity index (χ0) is 24.8. The molecule has 178 valence electrons. The molecule has 0 saturated carbocycles. The van der Waals surface area contributed by atoms with Gasteiger partial charge in [0.05, 0.1) is 16.0 Å². The van der Waals surface area contributed by atoms with E-state index in [4.69, 9.17) is 9.47 Å². The summed E-state index contributed by atoms with van der Waals surface area (Å²) in [5.41, 5.74) is 3.36. The second-order valence-electron chi connectivity index (χ2n) is 7.40. The smallest absolute Gasteiger partial charge is 0.344 e. The largest absolute Gasteiger partial charge is 0.481 e. The third-order valence-electron chi connectivity index (χ3n) is 4.87. The number of aryl methyl sites for hydroxylation is 2. The Balaban J connectivity index is 1.64. The number of ether oxygens (including phenoxy) is 2. The van der Waals surface area contributed by atoms with Gasteiger partial charge in [-0.05, 0) is 95.5 Å². The van der Waals surface area contributed by atoms with Gasteiger partial charge in [-0.1, -0.05) is 12.1 Å². The molecule has 34 heavy (non-hydrogen) atoms. The summed E-state index contributed by atoms with van der Waals surface area (Å²) in [6.45, 7) is 5.28. The lowest BCUT2D eigenvalue weighted by Gasteiger charge is -2.13. The number of amides is 3. The number of carbonyl (C=O) groups excluding carboxylic acids is 4. The van der Waals surface area contributed by atoms with Gasteiger partial charge in [-0.15, -0.1) is 0 Å². The molecule has 1 aliphatic heterocycles. The molecule has 2 aromatic rings. The maximum atomic E-state index is 12.7. The van der Waals surface area contributed by atoms with Gasteiger partial charge in [-0.2, -0.15) is 0 Å². The summed E-state index contributed by atoms with van der Waals surface area (Å²) in [6, 6.07) is 10.5. The van der Waals surface area contributed by atoms with E-state index < -0.39 is 23.0 Å². The van der Waals surface area contributed by atoms with Crippen LogP contribution in [0.5, 0.6) is 5.75 Å². The van der Waals surface area contributed by atoms with E-state index in [0.29, 0.717) is 21.5 Å².